The van der Waals surface area contributed by atoms with Crippen LogP contribution in [-0.4, -0.2) is 41.3 Å². The van der Waals surface area contributed by atoms with Gasteiger partial charge < -0.3 is 20.4 Å². The average Bonchev–Trinajstić information content (AvgIpc) is 3.16. The van der Waals surface area contributed by atoms with Gasteiger partial charge in [0.15, 0.2) is 0 Å². The van der Waals surface area contributed by atoms with Gasteiger partial charge in [-0.2, -0.15) is 0 Å². The number of hydrogen-bond acceptors (Lipinski definition) is 5. The number of nitrogens with two attached hydrogens (primary N) is 1. The number of nitrogens with zero attached hydrogens (tertiary/aromatic N) is 3. The van der Waals surface area contributed by atoms with Crippen LogP contribution in [0.3, 0.4) is 0 Å². The molecule has 1 saturated heterocycles. The lowest BCUT2D eigenvalue weighted by Crippen LogP contribution is -2.36. The minimum absolute atomic E-state index is 0.774. The van der Waals surface area contributed by atoms with Crippen molar-refractivity contribution < 1.29 is 4.74 Å². The standard InChI is InChI=1S/C25H29N5O/c1-2-3-4-5-24-21(26)15-20-19-14-17(6-8-23(19)28-25(20)29-24)22-9-7-18(16-27-22)30-10-12-31-13-11-30/h6-9,14-16H,2-5,10-13,26H2,1H3,(H,28,29). The topological polar surface area (TPSA) is 80.1 Å². The van der Waals surface area contributed by atoms with Crippen LogP contribution in [0.25, 0.3) is 33.2 Å². The predicted octanol–water partition coefficient (Wildman–Crippen LogP) is 4.93. The van der Waals surface area contributed by atoms with Gasteiger partial charge in [0, 0.05) is 34.9 Å². The number of anilines is 2. The highest BCUT2D eigenvalue weighted by molar-refractivity contribution is 6.08. The van der Waals surface area contributed by atoms with Crippen LogP contribution >= 0.6 is 0 Å². The third-order valence-electron chi connectivity index (χ3n) is 6.13. The number of aromatic amines is 1. The number of aryl methyl sites for hydroxylation is 1. The minimum Gasteiger partial charge on any atom is -0.397 e. The molecular formula is C25H29N5O. The molecule has 0 amide bonds. The summed E-state index contributed by atoms with van der Waals surface area (Å²) in [5, 5.41) is 2.20. The lowest BCUT2D eigenvalue weighted by molar-refractivity contribution is 0.122. The zero-order valence-electron chi connectivity index (χ0n) is 18.0. The molecule has 31 heavy (non-hydrogen) atoms. The molecule has 3 N–H and O–H groups in total. The molecule has 4 heterocycles. The number of rotatable bonds is 6. The minimum atomic E-state index is 0.774. The number of pyridine rings is 2. The second-order valence-electron chi connectivity index (χ2n) is 8.26. The van der Waals surface area contributed by atoms with Gasteiger partial charge in [-0.3, -0.25) is 4.98 Å². The number of aromatic nitrogens is 3. The summed E-state index contributed by atoms with van der Waals surface area (Å²) in [5.41, 5.74) is 13.3. The highest BCUT2D eigenvalue weighted by Crippen LogP contribution is 2.31. The molecule has 1 aliphatic heterocycles. The summed E-state index contributed by atoms with van der Waals surface area (Å²) in [6.07, 6.45) is 6.40. The van der Waals surface area contributed by atoms with Crippen molar-refractivity contribution in [3.63, 3.8) is 0 Å². The van der Waals surface area contributed by atoms with E-state index in [0.717, 1.165) is 89.4 Å². The Labute approximate surface area is 182 Å². The Balaban J connectivity index is 1.46. The summed E-state index contributed by atoms with van der Waals surface area (Å²) in [5.74, 6) is 0. The van der Waals surface area contributed by atoms with E-state index in [2.05, 4.69) is 53.2 Å². The molecular weight excluding hydrogens is 386 g/mol. The van der Waals surface area contributed by atoms with Crippen LogP contribution in [0.15, 0.2) is 42.6 Å². The van der Waals surface area contributed by atoms with Crippen LogP contribution in [-0.2, 0) is 11.2 Å². The van der Waals surface area contributed by atoms with Crippen LogP contribution in [0, 0.1) is 0 Å². The van der Waals surface area contributed by atoms with Gasteiger partial charge in [0.1, 0.15) is 5.65 Å². The number of H-pyrrole nitrogens is 1. The van der Waals surface area contributed by atoms with E-state index in [1.807, 2.05) is 6.20 Å². The molecule has 0 spiro atoms. The number of nitrogen functional groups attached to an aromatic ring is 1. The molecule has 6 nitrogen and oxygen atoms in total. The summed E-state index contributed by atoms with van der Waals surface area (Å²) in [4.78, 5) is 15.3. The second kappa shape index (κ2) is 8.55. The second-order valence-corrected chi connectivity index (χ2v) is 8.26. The third kappa shape index (κ3) is 3.95. The van der Waals surface area contributed by atoms with Crippen molar-refractivity contribution in [3.8, 4) is 11.3 Å². The largest absolute Gasteiger partial charge is 0.397 e. The van der Waals surface area contributed by atoms with E-state index in [1.54, 1.807) is 0 Å². The predicted molar refractivity (Wildman–Crippen MR) is 128 cm³/mol. The molecule has 3 aromatic heterocycles. The Morgan fingerprint density at radius 2 is 1.94 bits per heavy atom. The van der Waals surface area contributed by atoms with Gasteiger partial charge in [0.25, 0.3) is 0 Å². The molecule has 0 saturated carbocycles. The van der Waals surface area contributed by atoms with Crippen LogP contribution in [0.1, 0.15) is 31.9 Å². The van der Waals surface area contributed by atoms with E-state index in [4.69, 9.17) is 20.4 Å². The molecule has 160 valence electrons. The Hall–Kier alpha value is -3.12. The summed E-state index contributed by atoms with van der Waals surface area (Å²) < 4.78 is 5.44. The molecule has 6 heteroatoms. The van der Waals surface area contributed by atoms with Crippen LogP contribution in [0.2, 0.25) is 0 Å². The third-order valence-corrected chi connectivity index (χ3v) is 6.13. The SMILES string of the molecule is CCCCCc1nc2[nH]c3ccc(-c4ccc(N5CCOCC5)cn4)cc3c2cc1N. The summed E-state index contributed by atoms with van der Waals surface area (Å²) in [6, 6.07) is 12.7. The van der Waals surface area contributed by atoms with Gasteiger partial charge in [-0.15, -0.1) is 0 Å². The first kappa shape index (κ1) is 19.8. The molecule has 1 fully saturated rings. The molecule has 5 rings (SSSR count). The van der Waals surface area contributed by atoms with E-state index in [0.29, 0.717) is 0 Å². The van der Waals surface area contributed by atoms with Crippen molar-refractivity contribution >= 4 is 33.3 Å². The monoisotopic (exact) mass is 415 g/mol. The number of fused-ring (bicyclic) bond motifs is 3. The van der Waals surface area contributed by atoms with E-state index in [1.165, 1.54) is 12.8 Å². The van der Waals surface area contributed by atoms with E-state index in [9.17, 15) is 0 Å². The van der Waals surface area contributed by atoms with Crippen molar-refractivity contribution in [1.82, 2.24) is 15.0 Å². The summed E-state index contributed by atoms with van der Waals surface area (Å²) in [7, 11) is 0. The first-order valence-corrected chi connectivity index (χ1v) is 11.2. The Kier molecular flexibility index (Phi) is 5.47. The zero-order valence-corrected chi connectivity index (χ0v) is 18.0. The van der Waals surface area contributed by atoms with Gasteiger partial charge in [-0.25, -0.2) is 4.98 Å². The normalized spacial score (nSPS) is 14.5. The Morgan fingerprint density at radius 3 is 2.71 bits per heavy atom. The number of hydrogen-bond donors (Lipinski definition) is 2. The van der Waals surface area contributed by atoms with Crippen molar-refractivity contribution in [2.45, 2.75) is 32.6 Å². The zero-order chi connectivity index (χ0) is 21.2. The first-order chi connectivity index (χ1) is 15.2. The molecule has 0 atom stereocenters. The molecule has 0 aliphatic carbocycles. The van der Waals surface area contributed by atoms with E-state index in [-0.39, 0.29) is 0 Å². The van der Waals surface area contributed by atoms with Crippen molar-refractivity contribution in [2.24, 2.45) is 0 Å². The van der Waals surface area contributed by atoms with Gasteiger partial charge in [0.05, 0.1) is 42.2 Å². The molecule has 0 radical (unpaired) electrons. The van der Waals surface area contributed by atoms with Gasteiger partial charge >= 0.3 is 0 Å². The quantitative estimate of drug-likeness (QED) is 0.437. The number of morpholine rings is 1. The number of ether oxygens (including phenoxy) is 1. The van der Waals surface area contributed by atoms with E-state index >= 15 is 0 Å². The fourth-order valence-corrected chi connectivity index (χ4v) is 4.34. The molecule has 1 aliphatic rings. The van der Waals surface area contributed by atoms with Crippen LogP contribution in [0.5, 0.6) is 0 Å². The smallest absolute Gasteiger partial charge is 0.138 e. The van der Waals surface area contributed by atoms with Crippen molar-refractivity contribution in [2.75, 3.05) is 36.9 Å². The van der Waals surface area contributed by atoms with E-state index < -0.39 is 0 Å². The fraction of sp³-hybridized carbons (Fsp3) is 0.360. The maximum atomic E-state index is 6.35. The van der Waals surface area contributed by atoms with Crippen LogP contribution in [0.4, 0.5) is 11.4 Å². The Bertz CT molecular complexity index is 1190. The molecule has 4 aromatic rings. The van der Waals surface area contributed by atoms with Crippen LogP contribution < -0.4 is 10.6 Å². The van der Waals surface area contributed by atoms with Gasteiger partial charge in [-0.05, 0) is 43.2 Å². The lowest BCUT2D eigenvalue weighted by atomic mass is 10.1. The maximum Gasteiger partial charge on any atom is 0.138 e. The highest BCUT2D eigenvalue weighted by Gasteiger charge is 2.13. The Morgan fingerprint density at radius 1 is 1.06 bits per heavy atom. The fourth-order valence-electron chi connectivity index (χ4n) is 4.34. The molecule has 1 aromatic carbocycles. The highest BCUT2D eigenvalue weighted by atomic mass is 16.5. The van der Waals surface area contributed by atoms with Crippen molar-refractivity contribution in [1.29, 1.82) is 0 Å². The number of benzene rings is 1. The number of nitrogens with one attached hydrogen (secondary N) is 1. The number of unbranched alkanes of at least 4 members (excludes halogenated alkanes) is 2. The first-order valence-electron chi connectivity index (χ1n) is 11.2. The molecule has 0 bridgehead atoms. The maximum absolute atomic E-state index is 6.35. The van der Waals surface area contributed by atoms with Gasteiger partial charge in [0.2, 0.25) is 0 Å². The average molecular weight is 416 g/mol. The van der Waals surface area contributed by atoms with Gasteiger partial charge in [-0.1, -0.05) is 25.8 Å². The lowest BCUT2D eigenvalue weighted by Gasteiger charge is -2.28. The molecule has 0 unspecified atom stereocenters. The summed E-state index contributed by atoms with van der Waals surface area (Å²) >= 11 is 0. The summed E-state index contributed by atoms with van der Waals surface area (Å²) in [6.45, 7) is 5.58. The van der Waals surface area contributed by atoms with Crippen molar-refractivity contribution in [3.05, 3.63) is 48.3 Å².